The standard InChI is InChI=1S/C7H8.C6H3Br3O/c1-7-5-3-2-4-6-7;7-3-1-2-4(10)6(9)5(3)8/h2-6H,1H3;1-2,10H. The van der Waals surface area contributed by atoms with Crippen LogP contribution in [0.25, 0.3) is 0 Å². The predicted octanol–water partition coefficient (Wildman–Crippen LogP) is 5.67. The van der Waals surface area contributed by atoms with Crippen molar-refractivity contribution in [2.24, 2.45) is 0 Å². The first-order valence-corrected chi connectivity index (χ1v) is 7.24. The Morgan fingerprint density at radius 3 is 1.82 bits per heavy atom. The van der Waals surface area contributed by atoms with Gasteiger partial charge in [0.1, 0.15) is 5.75 Å². The molecule has 1 N–H and O–H groups in total. The molecule has 1 nitrogen and oxygen atoms in total. The van der Waals surface area contributed by atoms with E-state index >= 15 is 0 Å². The molecule has 0 saturated heterocycles. The highest BCUT2D eigenvalue weighted by molar-refractivity contribution is 9.14. The van der Waals surface area contributed by atoms with E-state index in [4.69, 9.17) is 5.11 Å². The topological polar surface area (TPSA) is 20.2 Å². The SMILES string of the molecule is Cc1ccccc1.Oc1ccc(Br)c(Br)c1Br. The fraction of sp³-hybridized carbons (Fsp3) is 0.0769. The molecule has 0 aliphatic heterocycles. The summed E-state index contributed by atoms with van der Waals surface area (Å²) in [6.45, 7) is 2.08. The highest BCUT2D eigenvalue weighted by Crippen LogP contribution is 2.36. The maximum atomic E-state index is 9.13. The zero-order valence-electron chi connectivity index (χ0n) is 9.12. The maximum absolute atomic E-state index is 9.13. The smallest absolute Gasteiger partial charge is 0.130 e. The molecule has 0 unspecified atom stereocenters. The highest BCUT2D eigenvalue weighted by atomic mass is 79.9. The summed E-state index contributed by atoms with van der Waals surface area (Å²) < 4.78 is 2.41. The van der Waals surface area contributed by atoms with Gasteiger partial charge in [-0.25, -0.2) is 0 Å². The first kappa shape index (κ1) is 14.7. The van der Waals surface area contributed by atoms with E-state index in [9.17, 15) is 0 Å². The van der Waals surface area contributed by atoms with E-state index < -0.39 is 0 Å². The van der Waals surface area contributed by atoms with Crippen molar-refractivity contribution in [2.45, 2.75) is 6.92 Å². The second kappa shape index (κ2) is 7.19. The van der Waals surface area contributed by atoms with Gasteiger partial charge in [-0.3, -0.25) is 0 Å². The number of hydrogen-bond donors (Lipinski definition) is 1. The minimum Gasteiger partial charge on any atom is -0.507 e. The Kier molecular flexibility index (Phi) is 6.23. The summed E-state index contributed by atoms with van der Waals surface area (Å²) in [6, 6.07) is 13.6. The van der Waals surface area contributed by atoms with Gasteiger partial charge < -0.3 is 5.11 Å². The minimum atomic E-state index is 0.232. The molecule has 0 amide bonds. The lowest BCUT2D eigenvalue weighted by Crippen LogP contribution is -1.72. The number of phenolic OH excluding ortho intramolecular Hbond substituents is 1. The molecule has 0 spiro atoms. The molecule has 0 radical (unpaired) electrons. The fourth-order valence-corrected chi connectivity index (χ4v) is 2.33. The molecule has 0 atom stereocenters. The van der Waals surface area contributed by atoms with Crippen molar-refractivity contribution >= 4 is 47.8 Å². The average molecular weight is 423 g/mol. The van der Waals surface area contributed by atoms with Crippen molar-refractivity contribution in [3.05, 3.63) is 61.4 Å². The second-order valence-electron chi connectivity index (χ2n) is 3.35. The number of hydrogen-bond acceptors (Lipinski definition) is 1. The van der Waals surface area contributed by atoms with Crippen LogP contribution in [0.15, 0.2) is 55.9 Å². The summed E-state index contributed by atoms with van der Waals surface area (Å²) in [7, 11) is 0. The molecule has 2 aromatic rings. The molecule has 2 aromatic carbocycles. The molecular weight excluding hydrogens is 412 g/mol. The summed E-state index contributed by atoms with van der Waals surface area (Å²) in [4.78, 5) is 0. The van der Waals surface area contributed by atoms with Crippen molar-refractivity contribution in [1.82, 2.24) is 0 Å². The summed E-state index contributed by atoms with van der Waals surface area (Å²) >= 11 is 9.77. The molecule has 0 fully saturated rings. The van der Waals surface area contributed by atoms with Gasteiger partial charge in [0.05, 0.1) is 4.47 Å². The van der Waals surface area contributed by atoms with Gasteiger partial charge in [0.25, 0.3) is 0 Å². The molecule has 0 bridgehead atoms. The number of benzene rings is 2. The monoisotopic (exact) mass is 420 g/mol. The van der Waals surface area contributed by atoms with E-state index in [1.807, 2.05) is 18.2 Å². The lowest BCUT2D eigenvalue weighted by atomic mass is 10.2. The first-order chi connectivity index (χ1) is 8.02. The molecule has 0 heterocycles. The van der Waals surface area contributed by atoms with Gasteiger partial charge in [0.15, 0.2) is 0 Å². The summed E-state index contributed by atoms with van der Waals surface area (Å²) in [5.41, 5.74) is 1.32. The second-order valence-corrected chi connectivity index (χ2v) is 5.79. The van der Waals surface area contributed by atoms with Gasteiger partial charge in [-0.15, -0.1) is 0 Å². The molecule has 0 aliphatic carbocycles. The number of aromatic hydroxyl groups is 1. The Hall–Kier alpha value is -0.320. The molecule has 0 saturated carbocycles. The molecule has 90 valence electrons. The van der Waals surface area contributed by atoms with Crippen LogP contribution in [0.3, 0.4) is 0 Å². The van der Waals surface area contributed by atoms with E-state index in [1.165, 1.54) is 5.56 Å². The summed E-state index contributed by atoms with van der Waals surface area (Å²) in [5, 5.41) is 9.13. The third-order valence-corrected chi connectivity index (χ3v) is 5.31. The molecule has 0 aromatic heterocycles. The Morgan fingerprint density at radius 1 is 0.824 bits per heavy atom. The summed E-state index contributed by atoms with van der Waals surface area (Å²) in [5.74, 6) is 0.232. The van der Waals surface area contributed by atoms with E-state index in [0.717, 1.165) is 8.95 Å². The first-order valence-electron chi connectivity index (χ1n) is 4.86. The van der Waals surface area contributed by atoms with Crippen molar-refractivity contribution in [1.29, 1.82) is 0 Å². The average Bonchev–Trinajstić information content (AvgIpc) is 2.33. The maximum Gasteiger partial charge on any atom is 0.130 e. The van der Waals surface area contributed by atoms with E-state index in [2.05, 4.69) is 66.8 Å². The number of phenols is 1. The zero-order valence-corrected chi connectivity index (χ0v) is 13.9. The van der Waals surface area contributed by atoms with Crippen LogP contribution in [0.1, 0.15) is 5.56 Å². The van der Waals surface area contributed by atoms with Crippen LogP contribution in [0.5, 0.6) is 5.75 Å². The Bertz CT molecular complexity index is 457. The zero-order chi connectivity index (χ0) is 12.8. The van der Waals surface area contributed by atoms with Crippen LogP contribution in [0.4, 0.5) is 0 Å². The quantitative estimate of drug-likeness (QED) is 0.542. The normalized spacial score (nSPS) is 9.41. The molecule has 4 heteroatoms. The number of halogens is 3. The Balaban J connectivity index is 0.000000181. The predicted molar refractivity (Wildman–Crippen MR) is 82.4 cm³/mol. The van der Waals surface area contributed by atoms with E-state index in [-0.39, 0.29) is 5.75 Å². The van der Waals surface area contributed by atoms with E-state index in [1.54, 1.807) is 12.1 Å². The largest absolute Gasteiger partial charge is 0.507 e. The lowest BCUT2D eigenvalue weighted by molar-refractivity contribution is 0.471. The number of rotatable bonds is 0. The van der Waals surface area contributed by atoms with Crippen LogP contribution in [0.2, 0.25) is 0 Å². The van der Waals surface area contributed by atoms with Gasteiger partial charge in [-0.05, 0) is 66.8 Å². The molecule has 0 aliphatic rings. The van der Waals surface area contributed by atoms with Crippen molar-refractivity contribution in [3.8, 4) is 5.75 Å². The van der Waals surface area contributed by atoms with Crippen LogP contribution in [-0.2, 0) is 0 Å². The van der Waals surface area contributed by atoms with Crippen LogP contribution in [0, 0.1) is 6.92 Å². The molecule has 17 heavy (non-hydrogen) atoms. The van der Waals surface area contributed by atoms with Gasteiger partial charge >= 0.3 is 0 Å². The van der Waals surface area contributed by atoms with Gasteiger partial charge in [0, 0.05) is 8.95 Å². The minimum absolute atomic E-state index is 0.232. The lowest BCUT2D eigenvalue weighted by Gasteiger charge is -2.00. The Morgan fingerprint density at radius 2 is 1.41 bits per heavy atom. The van der Waals surface area contributed by atoms with Gasteiger partial charge in [0.2, 0.25) is 0 Å². The van der Waals surface area contributed by atoms with Crippen molar-refractivity contribution in [3.63, 3.8) is 0 Å². The van der Waals surface area contributed by atoms with Crippen LogP contribution < -0.4 is 0 Å². The van der Waals surface area contributed by atoms with Crippen molar-refractivity contribution < 1.29 is 5.11 Å². The summed E-state index contributed by atoms with van der Waals surface area (Å²) in [6.07, 6.45) is 0. The van der Waals surface area contributed by atoms with Crippen molar-refractivity contribution in [2.75, 3.05) is 0 Å². The molecular formula is C13H11Br3O. The van der Waals surface area contributed by atoms with Gasteiger partial charge in [-0.2, -0.15) is 0 Å². The van der Waals surface area contributed by atoms with Crippen LogP contribution >= 0.6 is 47.8 Å². The fourth-order valence-electron chi connectivity index (χ4n) is 1.05. The third kappa shape index (κ3) is 4.82. The van der Waals surface area contributed by atoms with E-state index in [0.29, 0.717) is 4.47 Å². The van der Waals surface area contributed by atoms with Crippen LogP contribution in [-0.4, -0.2) is 5.11 Å². The Labute approximate surface area is 126 Å². The highest BCUT2D eigenvalue weighted by Gasteiger charge is 2.04. The van der Waals surface area contributed by atoms with Gasteiger partial charge in [-0.1, -0.05) is 35.9 Å². The third-order valence-electron chi connectivity index (χ3n) is 1.96. The number of aryl methyl sites for hydroxylation is 1. The molecule has 2 rings (SSSR count).